The highest BCUT2D eigenvalue weighted by atomic mass is 32.2. The number of carbonyl (C=O) groups excluding carboxylic acids is 2. The fourth-order valence-electron chi connectivity index (χ4n) is 4.37. The normalized spacial score (nSPS) is 17.1. The molecule has 4 rings (SSSR count). The number of benzene rings is 3. The van der Waals surface area contributed by atoms with Crippen LogP contribution >= 0.6 is 11.8 Å². The highest BCUT2D eigenvalue weighted by molar-refractivity contribution is 7.98. The summed E-state index contributed by atoms with van der Waals surface area (Å²) in [6, 6.07) is 20.8. The molecular weight excluding hydrogens is 436 g/mol. The first kappa shape index (κ1) is 22.9. The molecule has 0 spiro atoms. The summed E-state index contributed by atoms with van der Waals surface area (Å²) in [7, 11) is 0. The van der Waals surface area contributed by atoms with E-state index in [2.05, 4.69) is 0 Å². The van der Waals surface area contributed by atoms with E-state index in [1.165, 1.54) is 16.7 Å². The van der Waals surface area contributed by atoms with E-state index in [9.17, 15) is 19.5 Å². The first-order valence-electron chi connectivity index (χ1n) is 10.9. The monoisotopic (exact) mass is 462 g/mol. The molecule has 1 aliphatic heterocycles. The van der Waals surface area contributed by atoms with Gasteiger partial charge >= 0.3 is 12.0 Å². The average Bonchev–Trinajstić information content (AvgIpc) is 3.04. The molecule has 1 N–H and O–H groups in total. The summed E-state index contributed by atoms with van der Waals surface area (Å²) >= 11 is 1.49. The van der Waals surface area contributed by atoms with Crippen LogP contribution in [0.15, 0.2) is 72.8 Å². The lowest BCUT2D eigenvalue weighted by molar-refractivity contribution is -0.146. The van der Waals surface area contributed by atoms with E-state index in [0.29, 0.717) is 12.2 Å². The molecule has 6 nitrogen and oxygen atoms in total. The van der Waals surface area contributed by atoms with Gasteiger partial charge in [0, 0.05) is 13.0 Å². The Hall–Kier alpha value is -3.32. The van der Waals surface area contributed by atoms with Crippen molar-refractivity contribution >= 4 is 40.4 Å². The molecule has 33 heavy (non-hydrogen) atoms. The molecule has 3 aromatic carbocycles. The Kier molecular flexibility index (Phi) is 6.99. The number of rotatable bonds is 9. The maximum atomic E-state index is 13.5. The molecule has 1 fully saturated rings. The van der Waals surface area contributed by atoms with Gasteiger partial charge in [-0.05, 0) is 40.3 Å². The lowest BCUT2D eigenvalue weighted by Crippen LogP contribution is -2.46. The van der Waals surface area contributed by atoms with E-state index in [4.69, 9.17) is 0 Å². The van der Waals surface area contributed by atoms with Crippen LogP contribution in [0, 0.1) is 0 Å². The Balaban J connectivity index is 1.71. The van der Waals surface area contributed by atoms with Gasteiger partial charge in [-0.25, -0.2) is 14.5 Å². The molecule has 3 amide bonds. The number of carboxylic acids is 1. The van der Waals surface area contributed by atoms with Crippen molar-refractivity contribution in [1.82, 2.24) is 9.80 Å². The van der Waals surface area contributed by atoms with Crippen LogP contribution in [-0.4, -0.2) is 56.9 Å². The highest BCUT2D eigenvalue weighted by Gasteiger charge is 2.49. The number of carboxylic acid groups (broad SMARTS) is 1. The van der Waals surface area contributed by atoms with Gasteiger partial charge in [0.25, 0.3) is 5.91 Å². The van der Waals surface area contributed by atoms with Crippen molar-refractivity contribution in [3.05, 3.63) is 83.9 Å². The predicted molar refractivity (Wildman–Crippen MR) is 130 cm³/mol. The standard InChI is InChI=1S/C26H26N2O4S/c1-33-15-14-22(25(30)31)28-24(29)23(16-18-8-3-2-4-9-18)27(26(28)32)17-20-12-7-11-19-10-5-6-13-21(19)20/h2-13,22-23H,14-17H2,1H3,(H,30,31). The largest absolute Gasteiger partial charge is 0.480 e. The number of amides is 3. The van der Waals surface area contributed by atoms with E-state index in [1.807, 2.05) is 79.1 Å². The number of carbonyl (C=O) groups is 3. The summed E-state index contributed by atoms with van der Waals surface area (Å²) in [5.74, 6) is -1.06. The number of fused-ring (bicyclic) bond motifs is 1. The highest BCUT2D eigenvalue weighted by Crippen LogP contribution is 2.29. The summed E-state index contributed by atoms with van der Waals surface area (Å²) in [6.07, 6.45) is 2.42. The summed E-state index contributed by atoms with van der Waals surface area (Å²) < 4.78 is 0. The van der Waals surface area contributed by atoms with Gasteiger partial charge in [-0.1, -0.05) is 72.8 Å². The third kappa shape index (κ3) is 4.73. The number of hydrogen-bond acceptors (Lipinski definition) is 4. The molecule has 2 atom stereocenters. The lowest BCUT2D eigenvalue weighted by Gasteiger charge is -2.24. The van der Waals surface area contributed by atoms with E-state index in [1.54, 1.807) is 0 Å². The molecule has 0 aromatic heterocycles. The molecule has 1 saturated heterocycles. The zero-order valence-electron chi connectivity index (χ0n) is 18.4. The van der Waals surface area contributed by atoms with Crippen LogP contribution in [-0.2, 0) is 22.6 Å². The van der Waals surface area contributed by atoms with Gasteiger partial charge in [0.2, 0.25) is 0 Å². The van der Waals surface area contributed by atoms with Crippen LogP contribution in [0.3, 0.4) is 0 Å². The first-order chi connectivity index (χ1) is 16.0. The lowest BCUT2D eigenvalue weighted by atomic mass is 10.0. The van der Waals surface area contributed by atoms with Gasteiger partial charge in [0.1, 0.15) is 12.1 Å². The minimum absolute atomic E-state index is 0.216. The van der Waals surface area contributed by atoms with Crippen molar-refractivity contribution in [3.63, 3.8) is 0 Å². The predicted octanol–water partition coefficient (Wildman–Crippen LogP) is 4.42. The van der Waals surface area contributed by atoms with Gasteiger partial charge in [-0.15, -0.1) is 0 Å². The Morgan fingerprint density at radius 3 is 2.42 bits per heavy atom. The minimum atomic E-state index is -1.17. The van der Waals surface area contributed by atoms with Gasteiger partial charge in [-0.2, -0.15) is 11.8 Å². The fraction of sp³-hybridized carbons (Fsp3) is 0.269. The van der Waals surface area contributed by atoms with Gasteiger partial charge < -0.3 is 10.0 Å². The third-order valence-electron chi connectivity index (χ3n) is 6.04. The van der Waals surface area contributed by atoms with Crippen molar-refractivity contribution in [1.29, 1.82) is 0 Å². The molecule has 1 aliphatic rings. The maximum absolute atomic E-state index is 13.5. The molecule has 0 aliphatic carbocycles. The molecule has 0 radical (unpaired) electrons. The minimum Gasteiger partial charge on any atom is -0.480 e. The van der Waals surface area contributed by atoms with Gasteiger partial charge in [0.05, 0.1) is 0 Å². The van der Waals surface area contributed by atoms with Crippen LogP contribution in [0.25, 0.3) is 10.8 Å². The van der Waals surface area contributed by atoms with E-state index >= 15 is 0 Å². The maximum Gasteiger partial charge on any atom is 0.328 e. The number of imide groups is 1. The third-order valence-corrected chi connectivity index (χ3v) is 6.68. The Morgan fingerprint density at radius 1 is 1.00 bits per heavy atom. The Labute approximate surface area is 197 Å². The number of hydrogen-bond donors (Lipinski definition) is 1. The molecule has 2 unspecified atom stereocenters. The van der Waals surface area contributed by atoms with Crippen molar-refractivity contribution in [2.45, 2.75) is 31.5 Å². The van der Waals surface area contributed by atoms with Crippen LogP contribution in [0.2, 0.25) is 0 Å². The summed E-state index contributed by atoms with van der Waals surface area (Å²) in [5, 5.41) is 11.9. The number of thioether (sulfide) groups is 1. The SMILES string of the molecule is CSCCC(C(=O)O)N1C(=O)C(Cc2ccccc2)N(Cc2cccc3ccccc23)C1=O. The van der Waals surface area contributed by atoms with Crippen LogP contribution in [0.4, 0.5) is 4.79 Å². The molecule has 3 aromatic rings. The molecule has 170 valence electrons. The van der Waals surface area contributed by atoms with Crippen LogP contribution < -0.4 is 0 Å². The molecule has 0 saturated carbocycles. The van der Waals surface area contributed by atoms with Gasteiger partial charge in [-0.3, -0.25) is 4.79 Å². The molecule has 7 heteroatoms. The fourth-order valence-corrected chi connectivity index (χ4v) is 4.82. The average molecular weight is 463 g/mol. The van der Waals surface area contributed by atoms with Crippen LogP contribution in [0.1, 0.15) is 17.5 Å². The number of urea groups is 1. The summed E-state index contributed by atoms with van der Waals surface area (Å²) in [5.41, 5.74) is 1.84. The Morgan fingerprint density at radius 2 is 1.70 bits per heavy atom. The number of nitrogens with zero attached hydrogens (tertiary/aromatic N) is 2. The molecule has 0 bridgehead atoms. The smallest absolute Gasteiger partial charge is 0.328 e. The second-order valence-corrected chi connectivity index (χ2v) is 9.08. The Bertz CT molecular complexity index is 1160. The quantitative estimate of drug-likeness (QED) is 0.476. The number of aliphatic carboxylic acids is 1. The molecular formula is C26H26N2O4S. The van der Waals surface area contributed by atoms with Crippen molar-refractivity contribution in [3.8, 4) is 0 Å². The van der Waals surface area contributed by atoms with E-state index < -0.39 is 30.0 Å². The second kappa shape index (κ2) is 10.1. The second-order valence-electron chi connectivity index (χ2n) is 8.10. The topological polar surface area (TPSA) is 77.9 Å². The van der Waals surface area contributed by atoms with E-state index in [0.717, 1.165) is 26.8 Å². The molecule has 1 heterocycles. The van der Waals surface area contributed by atoms with Crippen molar-refractivity contribution < 1.29 is 19.5 Å². The first-order valence-corrected chi connectivity index (χ1v) is 12.3. The zero-order valence-corrected chi connectivity index (χ0v) is 19.2. The summed E-state index contributed by atoms with van der Waals surface area (Å²) in [4.78, 5) is 41.5. The van der Waals surface area contributed by atoms with Crippen molar-refractivity contribution in [2.24, 2.45) is 0 Å². The zero-order chi connectivity index (χ0) is 23.4. The van der Waals surface area contributed by atoms with E-state index in [-0.39, 0.29) is 13.0 Å². The van der Waals surface area contributed by atoms with Crippen molar-refractivity contribution in [2.75, 3.05) is 12.0 Å². The summed E-state index contributed by atoms with van der Waals surface area (Å²) in [6.45, 7) is 0.231. The van der Waals surface area contributed by atoms with Gasteiger partial charge in [0.15, 0.2) is 0 Å². The van der Waals surface area contributed by atoms with Crippen LogP contribution in [0.5, 0.6) is 0 Å².